The molecule has 15 nitrogen and oxygen atoms in total. The maximum absolute atomic E-state index is 10.7. The van der Waals surface area contributed by atoms with Crippen LogP contribution in [-0.2, 0) is 28.4 Å². The summed E-state index contributed by atoms with van der Waals surface area (Å²) in [4.78, 5) is 0. The number of rotatable bonds is 8. The minimum Gasteiger partial charge on any atom is -0.394 e. The number of hydrogen-bond donors (Lipinski definition) is 9. The van der Waals surface area contributed by atoms with E-state index in [2.05, 4.69) is 0 Å². The quantitative estimate of drug-likeness (QED) is 0.146. The van der Waals surface area contributed by atoms with Gasteiger partial charge in [-0.05, 0) is 6.92 Å². The van der Waals surface area contributed by atoms with Crippen LogP contribution >= 0.6 is 0 Å². The molecule has 0 saturated carbocycles. The van der Waals surface area contributed by atoms with Crippen molar-refractivity contribution >= 4 is 0 Å². The highest BCUT2D eigenvalue weighted by Gasteiger charge is 2.53. The molecule has 9 N–H and O–H groups in total. The molecule has 0 aromatic carbocycles. The third-order valence-corrected chi connectivity index (χ3v) is 6.51. The van der Waals surface area contributed by atoms with Gasteiger partial charge in [-0.3, -0.25) is 0 Å². The summed E-state index contributed by atoms with van der Waals surface area (Å²) in [5.74, 6) is 0. The average molecular weight is 516 g/mol. The maximum Gasteiger partial charge on any atom is 0.187 e. The maximum atomic E-state index is 10.7. The molecule has 0 bridgehead atoms. The van der Waals surface area contributed by atoms with Gasteiger partial charge in [0.25, 0.3) is 0 Å². The van der Waals surface area contributed by atoms with Gasteiger partial charge in [-0.25, -0.2) is 0 Å². The highest BCUT2D eigenvalue weighted by atomic mass is 16.7. The second-order valence-corrected chi connectivity index (χ2v) is 8.92. The molecule has 15 heteroatoms. The predicted molar refractivity (Wildman–Crippen MR) is 109 cm³/mol. The van der Waals surface area contributed by atoms with Crippen LogP contribution in [0.15, 0.2) is 0 Å². The van der Waals surface area contributed by atoms with Gasteiger partial charge >= 0.3 is 0 Å². The van der Waals surface area contributed by atoms with Crippen LogP contribution in [0.5, 0.6) is 0 Å². The Labute approximate surface area is 200 Å². The summed E-state index contributed by atoms with van der Waals surface area (Å²) < 4.78 is 32.4. The van der Waals surface area contributed by atoms with E-state index < -0.39 is 105 Å². The van der Waals surface area contributed by atoms with Crippen LogP contribution in [0.2, 0.25) is 0 Å². The van der Waals surface area contributed by atoms with Crippen molar-refractivity contribution in [2.45, 2.75) is 98.9 Å². The normalized spacial score (nSPS) is 51.3. The lowest BCUT2D eigenvalue weighted by molar-refractivity contribution is -0.372. The molecular weight excluding hydrogens is 480 g/mol. The fraction of sp³-hybridized carbons (Fsp3) is 1.00. The minimum absolute atomic E-state index is 0.154. The van der Waals surface area contributed by atoms with E-state index in [-0.39, 0.29) is 6.61 Å². The van der Waals surface area contributed by atoms with E-state index >= 15 is 0 Å². The van der Waals surface area contributed by atoms with E-state index in [1.165, 1.54) is 14.0 Å². The van der Waals surface area contributed by atoms with Crippen molar-refractivity contribution < 1.29 is 74.4 Å². The molecule has 0 aromatic heterocycles. The Morgan fingerprint density at radius 2 is 1.03 bits per heavy atom. The molecule has 206 valence electrons. The molecule has 3 heterocycles. The van der Waals surface area contributed by atoms with E-state index in [0.717, 1.165) is 0 Å². The van der Waals surface area contributed by atoms with Crippen LogP contribution in [0.1, 0.15) is 6.92 Å². The van der Waals surface area contributed by atoms with E-state index in [4.69, 9.17) is 28.4 Å². The Hall–Kier alpha value is -0.600. The highest BCUT2D eigenvalue weighted by molar-refractivity contribution is 4.96. The Balaban J connectivity index is 1.72. The molecule has 3 rings (SSSR count). The van der Waals surface area contributed by atoms with Crippen LogP contribution in [0.3, 0.4) is 0 Å². The van der Waals surface area contributed by atoms with Crippen molar-refractivity contribution in [3.8, 4) is 0 Å². The molecule has 35 heavy (non-hydrogen) atoms. The molecule has 3 saturated heterocycles. The van der Waals surface area contributed by atoms with Crippen LogP contribution < -0.4 is 0 Å². The van der Waals surface area contributed by atoms with Crippen LogP contribution in [0.25, 0.3) is 0 Å². The SMILES string of the molecule is COCC1O[C@H](O[C@@H]2C(CO)O[C@H](O[C@@H]3C(CO)O[C@@H](C)C(O)[C@@H]3O)C(O)[C@@H]2O)C(O)[C@H](O)[C@@H]1O. The predicted octanol–water partition coefficient (Wildman–Crippen LogP) is -5.85. The summed E-state index contributed by atoms with van der Waals surface area (Å²) in [7, 11) is 1.33. The number of aliphatic hydroxyl groups is 9. The Bertz CT molecular complexity index is 652. The van der Waals surface area contributed by atoms with Gasteiger partial charge in [0.05, 0.1) is 25.9 Å². The van der Waals surface area contributed by atoms with Gasteiger partial charge in [-0.2, -0.15) is 0 Å². The van der Waals surface area contributed by atoms with E-state index in [1.807, 2.05) is 0 Å². The molecule has 6 unspecified atom stereocenters. The first-order chi connectivity index (χ1) is 16.5. The third kappa shape index (κ3) is 5.95. The summed E-state index contributed by atoms with van der Waals surface area (Å²) in [6, 6.07) is 0. The van der Waals surface area contributed by atoms with Crippen molar-refractivity contribution in [3.63, 3.8) is 0 Å². The minimum atomic E-state index is -1.82. The lowest BCUT2D eigenvalue weighted by Gasteiger charge is -2.48. The number of ether oxygens (including phenoxy) is 6. The molecular formula is C20H36O15. The van der Waals surface area contributed by atoms with Gasteiger partial charge in [0.1, 0.15) is 73.2 Å². The molecule has 0 spiro atoms. The van der Waals surface area contributed by atoms with Crippen molar-refractivity contribution in [2.75, 3.05) is 26.9 Å². The van der Waals surface area contributed by atoms with Crippen LogP contribution in [-0.4, -0.2) is 165 Å². The van der Waals surface area contributed by atoms with Gasteiger partial charge in [-0.15, -0.1) is 0 Å². The molecule has 0 amide bonds. The molecule has 3 aliphatic rings. The third-order valence-electron chi connectivity index (χ3n) is 6.51. The summed E-state index contributed by atoms with van der Waals surface area (Å²) in [5, 5.41) is 91.6. The first-order valence-electron chi connectivity index (χ1n) is 11.3. The zero-order valence-electron chi connectivity index (χ0n) is 19.3. The summed E-state index contributed by atoms with van der Waals surface area (Å²) in [6.45, 7) is -0.0104. The fourth-order valence-electron chi connectivity index (χ4n) is 4.41. The first kappa shape index (κ1) is 29.0. The van der Waals surface area contributed by atoms with Gasteiger partial charge in [0, 0.05) is 7.11 Å². The summed E-state index contributed by atoms with van der Waals surface area (Å²) in [6.07, 6.45) is -21.9. The highest BCUT2D eigenvalue weighted by Crippen LogP contribution is 2.32. The second kappa shape index (κ2) is 12.3. The zero-order valence-corrected chi connectivity index (χ0v) is 19.3. The Morgan fingerprint density at radius 3 is 1.54 bits per heavy atom. The number of hydrogen-bond acceptors (Lipinski definition) is 15. The van der Waals surface area contributed by atoms with Crippen molar-refractivity contribution in [1.82, 2.24) is 0 Å². The van der Waals surface area contributed by atoms with Crippen molar-refractivity contribution in [3.05, 3.63) is 0 Å². The van der Waals surface area contributed by atoms with E-state index in [1.54, 1.807) is 0 Å². The molecule has 3 aliphatic heterocycles. The van der Waals surface area contributed by atoms with Gasteiger partial charge in [0.2, 0.25) is 0 Å². The smallest absolute Gasteiger partial charge is 0.187 e. The second-order valence-electron chi connectivity index (χ2n) is 8.92. The summed E-state index contributed by atoms with van der Waals surface area (Å²) >= 11 is 0. The number of methoxy groups -OCH3 is 1. The van der Waals surface area contributed by atoms with Crippen molar-refractivity contribution in [1.29, 1.82) is 0 Å². The summed E-state index contributed by atoms with van der Waals surface area (Å²) in [5.41, 5.74) is 0. The molecule has 15 atom stereocenters. The molecule has 3 fully saturated rings. The van der Waals surface area contributed by atoms with Gasteiger partial charge < -0.3 is 74.4 Å². The molecule has 0 radical (unpaired) electrons. The van der Waals surface area contributed by atoms with Crippen LogP contribution in [0.4, 0.5) is 0 Å². The fourth-order valence-corrected chi connectivity index (χ4v) is 4.41. The molecule has 0 aromatic rings. The van der Waals surface area contributed by atoms with Crippen LogP contribution in [0, 0.1) is 0 Å². The van der Waals surface area contributed by atoms with Crippen molar-refractivity contribution in [2.24, 2.45) is 0 Å². The Kier molecular flexibility index (Phi) is 10.2. The molecule has 0 aliphatic carbocycles. The largest absolute Gasteiger partial charge is 0.394 e. The monoisotopic (exact) mass is 516 g/mol. The topological polar surface area (TPSA) is 237 Å². The average Bonchev–Trinajstić information content (AvgIpc) is 2.84. The van der Waals surface area contributed by atoms with Gasteiger partial charge in [-0.1, -0.05) is 0 Å². The lowest BCUT2D eigenvalue weighted by Crippen LogP contribution is -2.66. The van der Waals surface area contributed by atoms with E-state index in [9.17, 15) is 46.0 Å². The Morgan fingerprint density at radius 1 is 0.571 bits per heavy atom. The lowest BCUT2D eigenvalue weighted by atomic mass is 9.94. The zero-order chi connectivity index (χ0) is 26.0. The standard InChI is InChI=1S/C20H36O15/c1-6-10(23)13(26)17(7(3-21)31-6)34-20-16(29)14(27)18(8(4-22)32-20)35-19-15(28)12(25)11(24)9(33-19)5-30-2/h6-29H,3-5H2,1-2H3/t6-,7?,8?,9?,10?,11+,12+,13-,14-,15?,16?,17+,18+,19+,20+/m0/s1. The van der Waals surface area contributed by atoms with Gasteiger partial charge in [0.15, 0.2) is 12.6 Å². The first-order valence-corrected chi connectivity index (χ1v) is 11.3. The van der Waals surface area contributed by atoms with E-state index in [0.29, 0.717) is 0 Å². The number of aliphatic hydroxyl groups excluding tert-OH is 9.